The fourth-order valence-corrected chi connectivity index (χ4v) is 6.32. The van der Waals surface area contributed by atoms with Gasteiger partial charge < -0.3 is 9.47 Å². The second-order valence-corrected chi connectivity index (χ2v) is 9.84. The van der Waals surface area contributed by atoms with Gasteiger partial charge in [-0.25, -0.2) is 4.39 Å². The van der Waals surface area contributed by atoms with E-state index in [1.165, 1.54) is 57.8 Å². The van der Waals surface area contributed by atoms with Crippen molar-refractivity contribution in [3.05, 3.63) is 24.0 Å². The predicted molar refractivity (Wildman–Crippen MR) is 111 cm³/mol. The Bertz CT molecular complexity index is 710. The van der Waals surface area contributed by atoms with E-state index in [-0.39, 0.29) is 23.4 Å². The molecule has 0 bridgehead atoms. The summed E-state index contributed by atoms with van der Waals surface area (Å²) < 4.78 is 24.2. The molecule has 0 heterocycles. The summed E-state index contributed by atoms with van der Waals surface area (Å²) in [6.07, 6.45) is 12.6. The van der Waals surface area contributed by atoms with Gasteiger partial charge in [0.1, 0.15) is 5.75 Å². The molecule has 3 nitrogen and oxygen atoms in total. The summed E-state index contributed by atoms with van der Waals surface area (Å²) >= 11 is 0. The van der Waals surface area contributed by atoms with E-state index >= 15 is 0 Å². The monoisotopic (exact) mass is 402 g/mol. The van der Waals surface area contributed by atoms with E-state index in [1.807, 2.05) is 0 Å². The van der Waals surface area contributed by atoms with E-state index in [4.69, 9.17) is 9.47 Å². The number of rotatable bonds is 4. The highest BCUT2D eigenvalue weighted by Crippen LogP contribution is 2.49. The zero-order chi connectivity index (χ0) is 20.4. The lowest BCUT2D eigenvalue weighted by atomic mass is 9.61. The average Bonchev–Trinajstić information content (AvgIpc) is 2.73. The number of benzene rings is 1. The fraction of sp³-hybridized carbons (Fsp3) is 0.720. The molecular formula is C25H35FO3. The topological polar surface area (TPSA) is 35.5 Å². The molecule has 3 fully saturated rings. The number of halogens is 1. The van der Waals surface area contributed by atoms with Gasteiger partial charge >= 0.3 is 5.97 Å². The van der Waals surface area contributed by atoms with Crippen LogP contribution in [0.5, 0.6) is 11.5 Å². The van der Waals surface area contributed by atoms with Crippen LogP contribution in [0.15, 0.2) is 18.2 Å². The summed E-state index contributed by atoms with van der Waals surface area (Å²) in [4.78, 5) is 12.6. The standard InChI is InChI=1S/C25H35FO3/c1-16-3-4-21-14-20(10-9-19(21)13-16)17-5-7-18(8-6-17)25(27)29-22-11-12-24(28-2)23(26)15-22/h11-12,15-21H,3-10,13-14H2,1-2H3. The molecule has 0 aliphatic heterocycles. The fourth-order valence-electron chi connectivity index (χ4n) is 6.32. The summed E-state index contributed by atoms with van der Waals surface area (Å²) in [5, 5.41) is 0. The van der Waals surface area contributed by atoms with Crippen molar-refractivity contribution in [2.24, 2.45) is 35.5 Å². The Morgan fingerprint density at radius 1 is 0.897 bits per heavy atom. The number of hydrogen-bond acceptors (Lipinski definition) is 3. The van der Waals surface area contributed by atoms with Gasteiger partial charge in [0.15, 0.2) is 11.6 Å². The number of ether oxygens (including phenoxy) is 2. The smallest absolute Gasteiger partial charge is 0.314 e. The average molecular weight is 403 g/mol. The molecule has 160 valence electrons. The predicted octanol–water partition coefficient (Wildman–Crippen LogP) is 6.40. The minimum atomic E-state index is -0.505. The number of hydrogen-bond donors (Lipinski definition) is 0. The van der Waals surface area contributed by atoms with Crippen molar-refractivity contribution in [2.75, 3.05) is 7.11 Å². The van der Waals surface area contributed by atoms with Crippen LogP contribution >= 0.6 is 0 Å². The number of carbonyl (C=O) groups is 1. The molecule has 1 aromatic rings. The van der Waals surface area contributed by atoms with Gasteiger partial charge in [-0.1, -0.05) is 13.3 Å². The highest BCUT2D eigenvalue weighted by molar-refractivity contribution is 5.75. The third kappa shape index (κ3) is 4.78. The SMILES string of the molecule is COc1ccc(OC(=O)C2CCC(C3CCC4CC(C)CCC4C3)CC2)cc1F. The van der Waals surface area contributed by atoms with Crippen LogP contribution in [-0.4, -0.2) is 13.1 Å². The first kappa shape index (κ1) is 20.7. The molecular weight excluding hydrogens is 367 g/mol. The molecule has 0 radical (unpaired) electrons. The van der Waals surface area contributed by atoms with Gasteiger partial charge in [-0.2, -0.15) is 0 Å². The third-order valence-electron chi connectivity index (χ3n) is 8.03. The number of esters is 1. The van der Waals surface area contributed by atoms with Crippen LogP contribution in [0.25, 0.3) is 0 Å². The van der Waals surface area contributed by atoms with E-state index in [0.717, 1.165) is 55.3 Å². The molecule has 0 saturated heterocycles. The quantitative estimate of drug-likeness (QED) is 0.432. The Labute approximate surface area is 174 Å². The van der Waals surface area contributed by atoms with Crippen LogP contribution in [0, 0.1) is 41.3 Å². The summed E-state index contributed by atoms with van der Waals surface area (Å²) in [6.45, 7) is 2.42. The van der Waals surface area contributed by atoms with Crippen LogP contribution in [0.4, 0.5) is 4.39 Å². The number of methoxy groups -OCH3 is 1. The van der Waals surface area contributed by atoms with Crippen molar-refractivity contribution in [2.45, 2.75) is 71.1 Å². The van der Waals surface area contributed by atoms with Gasteiger partial charge in [0.25, 0.3) is 0 Å². The first-order valence-electron chi connectivity index (χ1n) is 11.6. The van der Waals surface area contributed by atoms with Gasteiger partial charge in [-0.3, -0.25) is 4.79 Å². The largest absolute Gasteiger partial charge is 0.494 e. The van der Waals surface area contributed by atoms with Crippen LogP contribution in [0.2, 0.25) is 0 Å². The summed E-state index contributed by atoms with van der Waals surface area (Å²) in [5.74, 6) is 4.15. The van der Waals surface area contributed by atoms with E-state index in [2.05, 4.69) is 6.92 Å². The van der Waals surface area contributed by atoms with Gasteiger partial charge in [-0.15, -0.1) is 0 Å². The van der Waals surface area contributed by atoms with Crippen molar-refractivity contribution in [1.82, 2.24) is 0 Å². The molecule has 0 aromatic heterocycles. The second-order valence-electron chi connectivity index (χ2n) is 9.84. The summed E-state index contributed by atoms with van der Waals surface area (Å²) in [5.41, 5.74) is 0. The Morgan fingerprint density at radius 3 is 2.21 bits per heavy atom. The summed E-state index contributed by atoms with van der Waals surface area (Å²) in [6, 6.07) is 4.32. The Morgan fingerprint density at radius 2 is 1.52 bits per heavy atom. The van der Waals surface area contributed by atoms with Crippen LogP contribution in [-0.2, 0) is 4.79 Å². The molecule has 3 saturated carbocycles. The molecule has 4 atom stereocenters. The van der Waals surface area contributed by atoms with Crippen molar-refractivity contribution in [1.29, 1.82) is 0 Å². The van der Waals surface area contributed by atoms with Crippen LogP contribution in [0.1, 0.15) is 71.1 Å². The zero-order valence-corrected chi connectivity index (χ0v) is 17.9. The number of carbonyl (C=O) groups excluding carboxylic acids is 1. The van der Waals surface area contributed by atoms with Crippen LogP contribution in [0.3, 0.4) is 0 Å². The Hall–Kier alpha value is -1.58. The molecule has 0 N–H and O–H groups in total. The van der Waals surface area contributed by atoms with Crippen LogP contribution < -0.4 is 9.47 Å². The normalized spacial score (nSPS) is 34.9. The maximum atomic E-state index is 13.8. The molecule has 3 aliphatic carbocycles. The maximum absolute atomic E-state index is 13.8. The maximum Gasteiger partial charge on any atom is 0.314 e. The molecule has 4 rings (SSSR count). The van der Waals surface area contributed by atoms with Gasteiger partial charge in [-0.05, 0) is 99.5 Å². The van der Waals surface area contributed by atoms with E-state index in [1.54, 1.807) is 6.07 Å². The lowest BCUT2D eigenvalue weighted by Crippen LogP contribution is -2.35. The van der Waals surface area contributed by atoms with Crippen molar-refractivity contribution in [3.8, 4) is 11.5 Å². The van der Waals surface area contributed by atoms with E-state index in [0.29, 0.717) is 0 Å². The molecule has 29 heavy (non-hydrogen) atoms. The van der Waals surface area contributed by atoms with Gasteiger partial charge in [0, 0.05) is 6.07 Å². The second kappa shape index (κ2) is 9.06. The first-order chi connectivity index (χ1) is 14.0. The number of fused-ring (bicyclic) bond motifs is 1. The highest BCUT2D eigenvalue weighted by atomic mass is 19.1. The molecule has 0 spiro atoms. The lowest BCUT2D eigenvalue weighted by Gasteiger charge is -2.44. The Balaban J connectivity index is 1.26. The molecule has 4 unspecified atom stereocenters. The minimum Gasteiger partial charge on any atom is -0.494 e. The third-order valence-corrected chi connectivity index (χ3v) is 8.03. The Kier molecular flexibility index (Phi) is 6.46. The molecule has 1 aromatic carbocycles. The zero-order valence-electron chi connectivity index (χ0n) is 17.9. The summed E-state index contributed by atoms with van der Waals surface area (Å²) in [7, 11) is 1.42. The van der Waals surface area contributed by atoms with Gasteiger partial charge in [0.2, 0.25) is 0 Å². The molecule has 4 heteroatoms. The van der Waals surface area contributed by atoms with E-state index in [9.17, 15) is 9.18 Å². The van der Waals surface area contributed by atoms with Crippen molar-refractivity contribution < 1.29 is 18.7 Å². The van der Waals surface area contributed by atoms with Crippen molar-refractivity contribution in [3.63, 3.8) is 0 Å². The van der Waals surface area contributed by atoms with Gasteiger partial charge in [0.05, 0.1) is 13.0 Å². The lowest BCUT2D eigenvalue weighted by molar-refractivity contribution is -0.140. The molecule has 0 amide bonds. The first-order valence-corrected chi connectivity index (χ1v) is 11.6. The van der Waals surface area contributed by atoms with E-state index < -0.39 is 5.82 Å². The van der Waals surface area contributed by atoms with Crippen molar-refractivity contribution >= 4 is 5.97 Å². The minimum absolute atomic E-state index is 0.0525. The highest BCUT2D eigenvalue weighted by Gasteiger charge is 2.38. The molecule has 3 aliphatic rings.